The van der Waals surface area contributed by atoms with E-state index in [0.29, 0.717) is 5.92 Å². The van der Waals surface area contributed by atoms with Gasteiger partial charge in [-0.3, -0.25) is 9.89 Å². The van der Waals surface area contributed by atoms with E-state index in [-0.39, 0.29) is 11.8 Å². The molecule has 0 bridgehead atoms. The van der Waals surface area contributed by atoms with Crippen molar-refractivity contribution in [3.05, 3.63) is 11.6 Å². The summed E-state index contributed by atoms with van der Waals surface area (Å²) in [5.41, 5.74) is 0. The largest absolute Gasteiger partial charge is 0.481 e. The number of hydrogen-bond donors (Lipinski definition) is 2. The lowest BCUT2D eigenvalue weighted by molar-refractivity contribution is -0.143. The summed E-state index contributed by atoms with van der Waals surface area (Å²) in [5.74, 6) is 1.24. The van der Waals surface area contributed by atoms with Crippen molar-refractivity contribution in [1.82, 2.24) is 15.2 Å². The first-order valence-electron chi connectivity index (χ1n) is 6.40. The maximum absolute atomic E-state index is 11.2. The van der Waals surface area contributed by atoms with E-state index in [9.17, 15) is 9.90 Å². The molecule has 5 nitrogen and oxygen atoms in total. The molecule has 2 fully saturated rings. The molecule has 2 aliphatic rings. The van der Waals surface area contributed by atoms with Crippen molar-refractivity contribution in [2.75, 3.05) is 0 Å². The van der Waals surface area contributed by atoms with Crippen molar-refractivity contribution in [1.29, 1.82) is 0 Å². The van der Waals surface area contributed by atoms with E-state index in [1.807, 2.05) is 0 Å². The number of nitrogens with zero attached hydrogens (tertiary/aromatic N) is 2. The van der Waals surface area contributed by atoms with Crippen LogP contribution in [0.1, 0.15) is 62.0 Å². The van der Waals surface area contributed by atoms with Crippen molar-refractivity contribution >= 4 is 5.97 Å². The number of carboxylic acid groups (broad SMARTS) is 1. The van der Waals surface area contributed by atoms with E-state index in [2.05, 4.69) is 15.2 Å². The monoisotopic (exact) mass is 235 g/mol. The minimum Gasteiger partial charge on any atom is -0.481 e. The van der Waals surface area contributed by atoms with E-state index in [1.54, 1.807) is 0 Å². The molecule has 1 aromatic rings. The Labute approximate surface area is 99.6 Å². The van der Waals surface area contributed by atoms with Crippen molar-refractivity contribution < 1.29 is 9.90 Å². The average molecular weight is 235 g/mol. The molecule has 0 aromatic carbocycles. The molecule has 0 amide bonds. The number of carboxylic acids is 1. The molecular formula is C12H17N3O2. The number of carbonyl (C=O) groups is 1. The number of rotatable bonds is 3. The number of aromatic amines is 1. The highest BCUT2D eigenvalue weighted by Crippen LogP contribution is 2.40. The minimum absolute atomic E-state index is 0.0289. The molecule has 2 atom stereocenters. The molecule has 0 radical (unpaired) electrons. The Kier molecular flexibility index (Phi) is 2.61. The second-order valence-corrected chi connectivity index (χ2v) is 5.19. The van der Waals surface area contributed by atoms with Gasteiger partial charge in [-0.25, -0.2) is 4.98 Å². The van der Waals surface area contributed by atoms with Gasteiger partial charge in [0.15, 0.2) is 5.82 Å². The Bertz CT molecular complexity index is 425. The van der Waals surface area contributed by atoms with Gasteiger partial charge in [-0.1, -0.05) is 12.8 Å². The van der Waals surface area contributed by atoms with Gasteiger partial charge in [0.05, 0.1) is 5.92 Å². The first-order valence-corrected chi connectivity index (χ1v) is 6.40. The van der Waals surface area contributed by atoms with Crippen LogP contribution < -0.4 is 0 Å². The van der Waals surface area contributed by atoms with Crippen LogP contribution in [0, 0.1) is 5.92 Å². The van der Waals surface area contributed by atoms with Crippen LogP contribution in [0.5, 0.6) is 0 Å². The van der Waals surface area contributed by atoms with Crippen LogP contribution >= 0.6 is 0 Å². The van der Waals surface area contributed by atoms with Gasteiger partial charge in [-0.2, -0.15) is 5.10 Å². The predicted molar refractivity (Wildman–Crippen MR) is 60.7 cm³/mol. The first-order chi connectivity index (χ1) is 8.25. The highest BCUT2D eigenvalue weighted by Gasteiger charge is 2.35. The maximum Gasteiger partial charge on any atom is 0.307 e. The van der Waals surface area contributed by atoms with Gasteiger partial charge in [-0.15, -0.1) is 0 Å². The van der Waals surface area contributed by atoms with E-state index >= 15 is 0 Å². The fourth-order valence-electron chi connectivity index (χ4n) is 2.73. The van der Waals surface area contributed by atoms with Gasteiger partial charge in [0.2, 0.25) is 0 Å². The molecule has 0 saturated heterocycles. The Balaban J connectivity index is 1.81. The standard InChI is InChI=1S/C12H17N3O2/c16-12(17)9-4-2-1-3-8(9)11-13-10(14-15-11)7-5-6-7/h7-9H,1-6H2,(H,16,17)(H,13,14,15). The van der Waals surface area contributed by atoms with Crippen LogP contribution in [0.15, 0.2) is 0 Å². The normalized spacial score (nSPS) is 29.2. The van der Waals surface area contributed by atoms with Crippen molar-refractivity contribution in [3.8, 4) is 0 Å². The van der Waals surface area contributed by atoms with E-state index < -0.39 is 5.97 Å². The summed E-state index contributed by atoms with van der Waals surface area (Å²) < 4.78 is 0. The van der Waals surface area contributed by atoms with Crippen LogP contribution in [0.2, 0.25) is 0 Å². The number of H-pyrrole nitrogens is 1. The zero-order valence-electron chi connectivity index (χ0n) is 9.72. The van der Waals surface area contributed by atoms with Gasteiger partial charge >= 0.3 is 5.97 Å². The fraction of sp³-hybridized carbons (Fsp3) is 0.750. The van der Waals surface area contributed by atoms with Crippen molar-refractivity contribution in [3.63, 3.8) is 0 Å². The van der Waals surface area contributed by atoms with E-state index in [4.69, 9.17) is 0 Å². The van der Waals surface area contributed by atoms with Crippen molar-refractivity contribution in [2.45, 2.75) is 50.4 Å². The third kappa shape index (κ3) is 2.06. The molecule has 92 valence electrons. The first kappa shape index (κ1) is 10.7. The van der Waals surface area contributed by atoms with Gasteiger partial charge in [0.1, 0.15) is 5.82 Å². The second kappa shape index (κ2) is 4.13. The van der Waals surface area contributed by atoms with Crippen LogP contribution in [0.25, 0.3) is 0 Å². The lowest BCUT2D eigenvalue weighted by Gasteiger charge is -2.26. The molecule has 3 rings (SSSR count). The van der Waals surface area contributed by atoms with Crippen LogP contribution in [-0.4, -0.2) is 26.3 Å². The zero-order valence-corrected chi connectivity index (χ0v) is 9.72. The van der Waals surface area contributed by atoms with Crippen molar-refractivity contribution in [2.24, 2.45) is 5.92 Å². The molecule has 2 unspecified atom stereocenters. The van der Waals surface area contributed by atoms with Crippen LogP contribution in [0.3, 0.4) is 0 Å². The molecule has 2 N–H and O–H groups in total. The quantitative estimate of drug-likeness (QED) is 0.840. The average Bonchev–Trinajstić information content (AvgIpc) is 3.07. The Morgan fingerprint density at radius 2 is 2.00 bits per heavy atom. The number of aromatic nitrogens is 3. The molecule has 1 heterocycles. The lowest BCUT2D eigenvalue weighted by Crippen LogP contribution is -2.26. The molecule has 5 heteroatoms. The Hall–Kier alpha value is -1.39. The number of aliphatic carboxylic acids is 1. The molecule has 0 spiro atoms. The highest BCUT2D eigenvalue weighted by atomic mass is 16.4. The molecule has 2 saturated carbocycles. The SMILES string of the molecule is O=C(O)C1CCCCC1c1nc(C2CC2)n[nH]1. The van der Waals surface area contributed by atoms with Crippen LogP contribution in [-0.2, 0) is 4.79 Å². The molecule has 0 aliphatic heterocycles. The molecular weight excluding hydrogens is 218 g/mol. The van der Waals surface area contributed by atoms with E-state index in [1.165, 1.54) is 12.8 Å². The maximum atomic E-state index is 11.2. The Morgan fingerprint density at radius 3 is 2.71 bits per heavy atom. The minimum atomic E-state index is -0.695. The summed E-state index contributed by atoms with van der Waals surface area (Å²) in [6.07, 6.45) is 6.12. The van der Waals surface area contributed by atoms with Crippen LogP contribution in [0.4, 0.5) is 0 Å². The molecule has 2 aliphatic carbocycles. The van der Waals surface area contributed by atoms with Gasteiger partial charge in [-0.05, 0) is 25.7 Å². The summed E-state index contributed by atoms with van der Waals surface area (Å²) in [6, 6.07) is 0. The molecule has 1 aromatic heterocycles. The zero-order chi connectivity index (χ0) is 11.8. The van der Waals surface area contributed by atoms with Gasteiger partial charge < -0.3 is 5.11 Å². The number of nitrogens with one attached hydrogen (secondary N) is 1. The highest BCUT2D eigenvalue weighted by molar-refractivity contribution is 5.71. The third-order valence-corrected chi connectivity index (χ3v) is 3.90. The topological polar surface area (TPSA) is 78.9 Å². The summed E-state index contributed by atoms with van der Waals surface area (Å²) in [5, 5.41) is 16.4. The summed E-state index contributed by atoms with van der Waals surface area (Å²) in [6.45, 7) is 0. The second-order valence-electron chi connectivity index (χ2n) is 5.19. The summed E-state index contributed by atoms with van der Waals surface area (Å²) >= 11 is 0. The van der Waals surface area contributed by atoms with Gasteiger partial charge in [0.25, 0.3) is 0 Å². The fourth-order valence-corrected chi connectivity index (χ4v) is 2.73. The van der Waals surface area contributed by atoms with E-state index in [0.717, 1.165) is 37.3 Å². The predicted octanol–water partition coefficient (Wildman–Crippen LogP) is 2.04. The van der Waals surface area contributed by atoms with Gasteiger partial charge in [0, 0.05) is 11.8 Å². The third-order valence-electron chi connectivity index (χ3n) is 3.90. The summed E-state index contributed by atoms with van der Waals surface area (Å²) in [4.78, 5) is 15.7. The Morgan fingerprint density at radius 1 is 1.24 bits per heavy atom. The summed E-state index contributed by atoms with van der Waals surface area (Å²) in [7, 11) is 0. The smallest absolute Gasteiger partial charge is 0.307 e. The number of hydrogen-bond acceptors (Lipinski definition) is 3. The lowest BCUT2D eigenvalue weighted by atomic mass is 9.79. The molecule has 17 heavy (non-hydrogen) atoms.